The predicted octanol–water partition coefficient (Wildman–Crippen LogP) is 1.75. The Labute approximate surface area is 114 Å². The molecule has 102 valence electrons. The van der Waals surface area contributed by atoms with Crippen molar-refractivity contribution in [1.29, 1.82) is 5.26 Å². The molecule has 1 aromatic heterocycles. The maximum Gasteiger partial charge on any atom is 0.239 e. The van der Waals surface area contributed by atoms with Crippen LogP contribution in [0.15, 0.2) is 6.07 Å². The molecule has 1 aromatic rings. The topological polar surface area (TPSA) is 77.8 Å². The van der Waals surface area contributed by atoms with Gasteiger partial charge in [0.2, 0.25) is 5.91 Å². The molecular formula is C14H20N4O. The van der Waals surface area contributed by atoms with Gasteiger partial charge in [-0.1, -0.05) is 13.8 Å². The lowest BCUT2D eigenvalue weighted by Crippen LogP contribution is -2.32. The average molecular weight is 260 g/mol. The number of aromatic nitrogens is 1. The second-order valence-corrected chi connectivity index (χ2v) is 4.93. The normalized spacial score (nSPS) is 10.1. The molecule has 2 N–H and O–H groups in total. The summed E-state index contributed by atoms with van der Waals surface area (Å²) >= 11 is 0. The number of amides is 1. The summed E-state index contributed by atoms with van der Waals surface area (Å²) in [5.74, 6) is 0.341. The summed E-state index contributed by atoms with van der Waals surface area (Å²) in [6.07, 6.45) is 0. The van der Waals surface area contributed by atoms with Gasteiger partial charge in [0.05, 0.1) is 23.5 Å². The maximum absolute atomic E-state index is 11.6. The number of nitriles is 1. The molecule has 0 saturated carbocycles. The van der Waals surface area contributed by atoms with Crippen LogP contribution in [-0.2, 0) is 4.79 Å². The van der Waals surface area contributed by atoms with Crippen molar-refractivity contribution in [2.45, 2.75) is 27.7 Å². The van der Waals surface area contributed by atoms with E-state index in [1.165, 1.54) is 0 Å². The van der Waals surface area contributed by atoms with Gasteiger partial charge in [-0.2, -0.15) is 5.26 Å². The molecule has 0 aliphatic carbocycles. The number of aryl methyl sites for hydroxylation is 2. The molecule has 19 heavy (non-hydrogen) atoms. The molecule has 0 bridgehead atoms. The van der Waals surface area contributed by atoms with E-state index in [1.54, 1.807) is 13.0 Å². The Morgan fingerprint density at radius 1 is 1.47 bits per heavy atom. The van der Waals surface area contributed by atoms with Crippen LogP contribution >= 0.6 is 0 Å². The second kappa shape index (κ2) is 6.74. The van der Waals surface area contributed by atoms with E-state index in [4.69, 9.17) is 5.26 Å². The van der Waals surface area contributed by atoms with Crippen molar-refractivity contribution in [3.05, 3.63) is 23.0 Å². The molecule has 1 rings (SSSR count). The third-order valence-corrected chi connectivity index (χ3v) is 2.59. The predicted molar refractivity (Wildman–Crippen MR) is 74.8 cm³/mol. The molecule has 0 atom stereocenters. The summed E-state index contributed by atoms with van der Waals surface area (Å²) < 4.78 is 0. The molecule has 0 aliphatic heterocycles. The van der Waals surface area contributed by atoms with Crippen LogP contribution in [0.3, 0.4) is 0 Å². The zero-order chi connectivity index (χ0) is 14.4. The first-order valence-corrected chi connectivity index (χ1v) is 6.33. The van der Waals surface area contributed by atoms with Crippen molar-refractivity contribution < 1.29 is 4.79 Å². The Bertz CT molecular complexity index is 503. The number of nitrogens with one attached hydrogen (secondary N) is 2. The number of rotatable bonds is 5. The van der Waals surface area contributed by atoms with Crippen LogP contribution in [-0.4, -0.2) is 24.0 Å². The van der Waals surface area contributed by atoms with Gasteiger partial charge in [0, 0.05) is 12.2 Å². The Morgan fingerprint density at radius 2 is 2.16 bits per heavy atom. The highest BCUT2D eigenvalue weighted by molar-refractivity contribution is 5.81. The van der Waals surface area contributed by atoms with Crippen LogP contribution in [0.4, 0.5) is 5.69 Å². The first-order chi connectivity index (χ1) is 8.93. The number of pyridine rings is 1. The van der Waals surface area contributed by atoms with Crippen LogP contribution in [0.25, 0.3) is 0 Å². The lowest BCUT2D eigenvalue weighted by atomic mass is 10.1. The molecule has 5 nitrogen and oxygen atoms in total. The molecule has 1 amide bonds. The van der Waals surface area contributed by atoms with Crippen molar-refractivity contribution >= 4 is 11.6 Å². The first-order valence-electron chi connectivity index (χ1n) is 6.33. The molecule has 0 fully saturated rings. The van der Waals surface area contributed by atoms with Gasteiger partial charge in [0.1, 0.15) is 6.07 Å². The molecule has 0 unspecified atom stereocenters. The highest BCUT2D eigenvalue weighted by Gasteiger charge is 2.09. The van der Waals surface area contributed by atoms with Gasteiger partial charge in [-0.25, -0.2) is 0 Å². The summed E-state index contributed by atoms with van der Waals surface area (Å²) in [5, 5.41) is 14.9. The van der Waals surface area contributed by atoms with Gasteiger partial charge in [-0.15, -0.1) is 0 Å². The van der Waals surface area contributed by atoms with Crippen molar-refractivity contribution in [3.63, 3.8) is 0 Å². The van der Waals surface area contributed by atoms with Crippen molar-refractivity contribution in [2.75, 3.05) is 18.4 Å². The second-order valence-electron chi connectivity index (χ2n) is 4.93. The number of carbonyl (C=O) groups excluding carboxylic acids is 1. The standard InChI is InChI=1S/C14H20N4O/c1-9(2)7-17-14(19)8-16-13-5-10(3)18-11(4)12(13)6-15/h5,9H,7-8H2,1-4H3,(H,16,18)(H,17,19). The fraction of sp³-hybridized carbons (Fsp3) is 0.500. The minimum Gasteiger partial charge on any atom is -0.375 e. The number of anilines is 1. The third-order valence-electron chi connectivity index (χ3n) is 2.59. The zero-order valence-electron chi connectivity index (χ0n) is 11.9. The first kappa shape index (κ1) is 15.0. The number of carbonyl (C=O) groups is 1. The Balaban J connectivity index is 2.68. The number of hydrogen-bond acceptors (Lipinski definition) is 4. The number of hydrogen-bond donors (Lipinski definition) is 2. The zero-order valence-corrected chi connectivity index (χ0v) is 11.9. The quantitative estimate of drug-likeness (QED) is 0.845. The molecule has 1 heterocycles. The van der Waals surface area contributed by atoms with Crippen LogP contribution in [0.2, 0.25) is 0 Å². The van der Waals surface area contributed by atoms with E-state index < -0.39 is 0 Å². The Morgan fingerprint density at radius 3 is 2.74 bits per heavy atom. The van der Waals surface area contributed by atoms with E-state index in [2.05, 4.69) is 21.7 Å². The minimum absolute atomic E-state index is 0.0790. The van der Waals surface area contributed by atoms with Gasteiger partial charge < -0.3 is 10.6 Å². The summed E-state index contributed by atoms with van der Waals surface area (Å²) in [6, 6.07) is 3.89. The molecule has 0 saturated heterocycles. The third kappa shape index (κ3) is 4.59. The average Bonchev–Trinajstić information content (AvgIpc) is 2.33. The Hall–Kier alpha value is -2.09. The van der Waals surface area contributed by atoms with Gasteiger partial charge in [0.15, 0.2) is 0 Å². The van der Waals surface area contributed by atoms with Crippen LogP contribution in [0.1, 0.15) is 30.8 Å². The summed E-state index contributed by atoms with van der Waals surface area (Å²) in [6.45, 7) is 8.53. The minimum atomic E-state index is -0.0790. The summed E-state index contributed by atoms with van der Waals surface area (Å²) in [4.78, 5) is 15.8. The van der Waals surface area contributed by atoms with E-state index in [1.807, 2.05) is 20.8 Å². The van der Waals surface area contributed by atoms with Gasteiger partial charge in [-0.05, 0) is 25.8 Å². The fourth-order valence-corrected chi connectivity index (χ4v) is 1.67. The van der Waals surface area contributed by atoms with E-state index in [0.29, 0.717) is 29.4 Å². The van der Waals surface area contributed by atoms with Crippen LogP contribution in [0.5, 0.6) is 0 Å². The fourth-order valence-electron chi connectivity index (χ4n) is 1.67. The summed E-state index contributed by atoms with van der Waals surface area (Å²) in [7, 11) is 0. The molecular weight excluding hydrogens is 240 g/mol. The molecule has 0 spiro atoms. The summed E-state index contributed by atoms with van der Waals surface area (Å²) in [5.41, 5.74) is 2.64. The van der Waals surface area contributed by atoms with Crippen molar-refractivity contribution in [2.24, 2.45) is 5.92 Å². The highest BCUT2D eigenvalue weighted by atomic mass is 16.1. The monoisotopic (exact) mass is 260 g/mol. The smallest absolute Gasteiger partial charge is 0.239 e. The van der Waals surface area contributed by atoms with Gasteiger partial charge >= 0.3 is 0 Å². The Kier molecular flexibility index (Phi) is 5.31. The van der Waals surface area contributed by atoms with Gasteiger partial charge in [0.25, 0.3) is 0 Å². The maximum atomic E-state index is 11.6. The molecule has 0 aliphatic rings. The highest BCUT2D eigenvalue weighted by Crippen LogP contribution is 2.18. The number of nitrogens with zero attached hydrogens (tertiary/aromatic N) is 2. The lowest BCUT2D eigenvalue weighted by molar-refractivity contribution is -0.119. The van der Waals surface area contributed by atoms with Crippen molar-refractivity contribution in [1.82, 2.24) is 10.3 Å². The largest absolute Gasteiger partial charge is 0.375 e. The van der Waals surface area contributed by atoms with E-state index >= 15 is 0 Å². The van der Waals surface area contributed by atoms with Crippen LogP contribution in [0, 0.1) is 31.1 Å². The lowest BCUT2D eigenvalue weighted by Gasteiger charge is -2.12. The molecule has 5 heteroatoms. The van der Waals surface area contributed by atoms with Crippen LogP contribution < -0.4 is 10.6 Å². The SMILES string of the molecule is Cc1cc(NCC(=O)NCC(C)C)c(C#N)c(C)n1. The van der Waals surface area contributed by atoms with E-state index in [-0.39, 0.29) is 12.5 Å². The van der Waals surface area contributed by atoms with E-state index in [0.717, 1.165) is 5.69 Å². The van der Waals surface area contributed by atoms with E-state index in [9.17, 15) is 4.79 Å². The molecule has 0 radical (unpaired) electrons. The molecule has 0 aromatic carbocycles. The van der Waals surface area contributed by atoms with Gasteiger partial charge in [-0.3, -0.25) is 9.78 Å². The van der Waals surface area contributed by atoms with Crippen molar-refractivity contribution in [3.8, 4) is 6.07 Å².